The van der Waals surface area contributed by atoms with Gasteiger partial charge in [-0.15, -0.1) is 11.3 Å². The van der Waals surface area contributed by atoms with Gasteiger partial charge in [0.25, 0.3) is 0 Å². The van der Waals surface area contributed by atoms with Crippen molar-refractivity contribution >= 4 is 23.1 Å². The van der Waals surface area contributed by atoms with Crippen LogP contribution in [0.15, 0.2) is 35.7 Å². The standard InChI is InChI=1S/C17H18N4OS/c1-12-9-14(16(22)19-8-7-18)21(10-12)15-11-23-17(20-15)13-5-3-2-4-6-13/h2-6,11-12,14H,8-10H2,1H3,(H,19,22)/t12-,14-/m0/s1. The molecule has 2 atom stereocenters. The van der Waals surface area contributed by atoms with E-state index >= 15 is 0 Å². The molecule has 0 spiro atoms. The summed E-state index contributed by atoms with van der Waals surface area (Å²) in [6.45, 7) is 2.99. The lowest BCUT2D eigenvalue weighted by atomic mass is 10.1. The van der Waals surface area contributed by atoms with E-state index in [1.807, 2.05) is 41.8 Å². The van der Waals surface area contributed by atoms with Gasteiger partial charge in [0.1, 0.15) is 23.4 Å². The number of aromatic nitrogens is 1. The SMILES string of the molecule is C[C@H]1C[C@@H](C(=O)NCC#N)N(c2csc(-c3ccccc3)n2)C1. The molecular formula is C17H18N4OS. The molecule has 0 aliphatic carbocycles. The third kappa shape index (κ3) is 3.35. The molecule has 118 valence electrons. The van der Waals surface area contributed by atoms with Crippen LogP contribution in [0.5, 0.6) is 0 Å². The molecule has 1 saturated heterocycles. The number of hydrogen-bond donors (Lipinski definition) is 1. The highest BCUT2D eigenvalue weighted by Crippen LogP contribution is 2.33. The number of carbonyl (C=O) groups excluding carboxylic acids is 1. The number of anilines is 1. The van der Waals surface area contributed by atoms with E-state index in [0.717, 1.165) is 29.4 Å². The molecule has 1 aromatic carbocycles. The largest absolute Gasteiger partial charge is 0.344 e. The first-order valence-electron chi connectivity index (χ1n) is 7.61. The van der Waals surface area contributed by atoms with Crippen molar-refractivity contribution in [1.29, 1.82) is 5.26 Å². The van der Waals surface area contributed by atoms with E-state index in [1.54, 1.807) is 11.3 Å². The average molecular weight is 326 g/mol. The lowest BCUT2D eigenvalue weighted by molar-refractivity contribution is -0.122. The summed E-state index contributed by atoms with van der Waals surface area (Å²) in [4.78, 5) is 19.0. The molecule has 2 aromatic rings. The van der Waals surface area contributed by atoms with Crippen molar-refractivity contribution in [3.05, 3.63) is 35.7 Å². The fourth-order valence-electron chi connectivity index (χ4n) is 2.90. The smallest absolute Gasteiger partial charge is 0.243 e. The van der Waals surface area contributed by atoms with Gasteiger partial charge in [0.15, 0.2) is 0 Å². The maximum atomic E-state index is 12.3. The summed E-state index contributed by atoms with van der Waals surface area (Å²) in [6.07, 6.45) is 0.787. The van der Waals surface area contributed by atoms with Gasteiger partial charge >= 0.3 is 0 Å². The second-order valence-electron chi connectivity index (χ2n) is 5.76. The molecule has 0 bridgehead atoms. The van der Waals surface area contributed by atoms with Crippen LogP contribution < -0.4 is 10.2 Å². The highest BCUT2D eigenvalue weighted by atomic mass is 32.1. The Hall–Kier alpha value is -2.39. The maximum absolute atomic E-state index is 12.3. The second kappa shape index (κ2) is 6.80. The van der Waals surface area contributed by atoms with E-state index < -0.39 is 0 Å². The molecule has 2 heterocycles. The lowest BCUT2D eigenvalue weighted by Gasteiger charge is -2.23. The van der Waals surface area contributed by atoms with Crippen molar-refractivity contribution in [3.63, 3.8) is 0 Å². The van der Waals surface area contributed by atoms with Crippen LogP contribution >= 0.6 is 11.3 Å². The third-order valence-corrected chi connectivity index (χ3v) is 4.84. The number of nitrogens with one attached hydrogen (secondary N) is 1. The zero-order chi connectivity index (χ0) is 16.2. The second-order valence-corrected chi connectivity index (χ2v) is 6.62. The predicted octanol–water partition coefficient (Wildman–Crippen LogP) is 2.66. The molecule has 6 heteroatoms. The Labute approximate surface area is 139 Å². The summed E-state index contributed by atoms with van der Waals surface area (Å²) < 4.78 is 0. The lowest BCUT2D eigenvalue weighted by Crippen LogP contribution is -2.43. The van der Waals surface area contributed by atoms with Crippen LogP contribution in [0.25, 0.3) is 10.6 Å². The fourth-order valence-corrected chi connectivity index (χ4v) is 3.73. The Balaban J connectivity index is 1.81. The highest BCUT2D eigenvalue weighted by molar-refractivity contribution is 7.13. The van der Waals surface area contributed by atoms with E-state index in [-0.39, 0.29) is 18.5 Å². The van der Waals surface area contributed by atoms with E-state index in [4.69, 9.17) is 10.2 Å². The van der Waals surface area contributed by atoms with E-state index in [0.29, 0.717) is 5.92 Å². The van der Waals surface area contributed by atoms with Crippen LogP contribution in [0.2, 0.25) is 0 Å². The number of nitriles is 1. The molecule has 1 amide bonds. The van der Waals surface area contributed by atoms with Crippen molar-refractivity contribution in [2.24, 2.45) is 5.92 Å². The van der Waals surface area contributed by atoms with Crippen LogP contribution in [-0.2, 0) is 4.79 Å². The van der Waals surface area contributed by atoms with Gasteiger partial charge < -0.3 is 10.2 Å². The summed E-state index contributed by atoms with van der Waals surface area (Å²) in [5, 5.41) is 14.3. The highest BCUT2D eigenvalue weighted by Gasteiger charge is 2.35. The molecule has 1 aromatic heterocycles. The summed E-state index contributed by atoms with van der Waals surface area (Å²) >= 11 is 1.59. The molecule has 3 rings (SSSR count). The first-order valence-corrected chi connectivity index (χ1v) is 8.49. The molecule has 1 aliphatic heterocycles. The predicted molar refractivity (Wildman–Crippen MR) is 91.1 cm³/mol. The van der Waals surface area contributed by atoms with Gasteiger partial charge in [-0.05, 0) is 12.3 Å². The quantitative estimate of drug-likeness (QED) is 0.877. The van der Waals surface area contributed by atoms with Crippen LogP contribution in [0.4, 0.5) is 5.82 Å². The molecule has 0 saturated carbocycles. The molecule has 1 N–H and O–H groups in total. The zero-order valence-corrected chi connectivity index (χ0v) is 13.7. The summed E-state index contributed by atoms with van der Waals surface area (Å²) in [7, 11) is 0. The van der Waals surface area contributed by atoms with Crippen molar-refractivity contribution in [1.82, 2.24) is 10.3 Å². The van der Waals surface area contributed by atoms with Gasteiger partial charge in [0, 0.05) is 17.5 Å². The van der Waals surface area contributed by atoms with Gasteiger partial charge in [-0.2, -0.15) is 5.26 Å². The number of carbonyl (C=O) groups is 1. The summed E-state index contributed by atoms with van der Waals surface area (Å²) in [5.74, 6) is 1.18. The molecule has 0 radical (unpaired) electrons. The number of nitrogens with zero attached hydrogens (tertiary/aromatic N) is 3. The minimum Gasteiger partial charge on any atom is -0.344 e. The van der Waals surface area contributed by atoms with Gasteiger partial charge in [-0.3, -0.25) is 4.79 Å². The van der Waals surface area contributed by atoms with Crippen molar-refractivity contribution in [2.75, 3.05) is 18.0 Å². The topological polar surface area (TPSA) is 69.0 Å². The molecule has 23 heavy (non-hydrogen) atoms. The fraction of sp³-hybridized carbons (Fsp3) is 0.353. The van der Waals surface area contributed by atoms with Gasteiger partial charge in [-0.25, -0.2) is 4.98 Å². The Morgan fingerprint density at radius 1 is 1.48 bits per heavy atom. The van der Waals surface area contributed by atoms with Crippen molar-refractivity contribution in [3.8, 4) is 16.6 Å². The normalized spacial score (nSPS) is 20.3. The molecule has 0 unspecified atom stereocenters. The average Bonchev–Trinajstić information content (AvgIpc) is 3.20. The van der Waals surface area contributed by atoms with Crippen LogP contribution in [0.1, 0.15) is 13.3 Å². The van der Waals surface area contributed by atoms with Gasteiger partial charge in [-0.1, -0.05) is 37.3 Å². The first kappa shape index (κ1) is 15.5. The van der Waals surface area contributed by atoms with Crippen LogP contribution in [0.3, 0.4) is 0 Å². The Kier molecular flexibility index (Phi) is 4.58. The number of amides is 1. The van der Waals surface area contributed by atoms with Crippen LogP contribution in [0, 0.1) is 17.2 Å². The molecule has 1 aliphatic rings. The molecular weight excluding hydrogens is 308 g/mol. The number of benzene rings is 1. The minimum absolute atomic E-state index is 0.0455. The minimum atomic E-state index is -0.246. The number of hydrogen-bond acceptors (Lipinski definition) is 5. The Morgan fingerprint density at radius 2 is 2.26 bits per heavy atom. The zero-order valence-electron chi connectivity index (χ0n) is 12.9. The third-order valence-electron chi connectivity index (χ3n) is 3.96. The molecule has 1 fully saturated rings. The van der Waals surface area contributed by atoms with Crippen molar-refractivity contribution in [2.45, 2.75) is 19.4 Å². The first-order chi connectivity index (χ1) is 11.2. The molecule has 5 nitrogen and oxygen atoms in total. The maximum Gasteiger partial charge on any atom is 0.243 e. The Morgan fingerprint density at radius 3 is 3.00 bits per heavy atom. The summed E-state index contributed by atoms with van der Waals surface area (Å²) in [5.41, 5.74) is 1.08. The van der Waals surface area contributed by atoms with E-state index in [9.17, 15) is 4.79 Å². The number of thiazole rings is 1. The van der Waals surface area contributed by atoms with Gasteiger partial charge in [0.05, 0.1) is 6.07 Å². The van der Waals surface area contributed by atoms with Crippen molar-refractivity contribution < 1.29 is 4.79 Å². The van der Waals surface area contributed by atoms with E-state index in [2.05, 4.69) is 17.1 Å². The Bertz CT molecular complexity index is 722. The monoisotopic (exact) mass is 326 g/mol. The van der Waals surface area contributed by atoms with Gasteiger partial charge in [0.2, 0.25) is 5.91 Å². The summed E-state index contributed by atoms with van der Waals surface area (Å²) in [6, 6.07) is 11.7. The number of rotatable bonds is 4. The van der Waals surface area contributed by atoms with Crippen LogP contribution in [-0.4, -0.2) is 30.0 Å². The van der Waals surface area contributed by atoms with E-state index in [1.165, 1.54) is 0 Å².